The lowest BCUT2D eigenvalue weighted by atomic mass is 9.98. The lowest BCUT2D eigenvalue weighted by molar-refractivity contribution is 0.163. The van der Waals surface area contributed by atoms with E-state index in [2.05, 4.69) is 16.8 Å². The van der Waals surface area contributed by atoms with E-state index in [9.17, 15) is 4.39 Å². The first-order chi connectivity index (χ1) is 9.22. The van der Waals surface area contributed by atoms with Gasteiger partial charge in [0.05, 0.1) is 0 Å². The van der Waals surface area contributed by atoms with Gasteiger partial charge in [-0.05, 0) is 31.4 Å². The molecule has 1 N–H and O–H groups in total. The Balaban J connectivity index is 0.00000200. The summed E-state index contributed by atoms with van der Waals surface area (Å²) in [5.41, 5.74) is 1.80. The van der Waals surface area contributed by atoms with E-state index in [-0.39, 0.29) is 36.7 Å². The number of rotatable bonds is 5. The monoisotopic (exact) mass is 334 g/mol. The van der Waals surface area contributed by atoms with Gasteiger partial charge in [0.1, 0.15) is 5.82 Å². The van der Waals surface area contributed by atoms with Crippen LogP contribution in [0, 0.1) is 12.7 Å². The summed E-state index contributed by atoms with van der Waals surface area (Å²) >= 11 is 0. The molecule has 0 radical (unpaired) electrons. The van der Waals surface area contributed by atoms with Crippen LogP contribution in [-0.4, -0.2) is 31.1 Å². The quantitative estimate of drug-likeness (QED) is 0.822. The first kappa shape index (κ1) is 20.4. The summed E-state index contributed by atoms with van der Waals surface area (Å²) < 4.78 is 14.2. The number of piperazine rings is 1. The molecule has 2 rings (SSSR count). The van der Waals surface area contributed by atoms with Gasteiger partial charge in [-0.1, -0.05) is 18.2 Å². The molecular weight excluding hydrogens is 310 g/mol. The average Bonchev–Trinajstić information content (AvgIpc) is 2.42. The normalized spacial score (nSPS) is 16.5. The van der Waals surface area contributed by atoms with Gasteiger partial charge in [0.2, 0.25) is 0 Å². The van der Waals surface area contributed by atoms with Crippen LogP contribution in [0.1, 0.15) is 30.0 Å². The Morgan fingerprint density at radius 3 is 2.57 bits per heavy atom. The number of nitrogens with zero attached hydrogens (tertiary/aromatic N) is 1. The van der Waals surface area contributed by atoms with E-state index < -0.39 is 0 Å². The second-order valence-electron chi connectivity index (χ2n) is 5.19. The van der Waals surface area contributed by atoms with Crippen molar-refractivity contribution < 1.29 is 4.39 Å². The molecule has 120 valence electrons. The van der Waals surface area contributed by atoms with Crippen LogP contribution in [0.25, 0.3) is 0 Å². The molecule has 21 heavy (non-hydrogen) atoms. The predicted octanol–water partition coefficient (Wildman–Crippen LogP) is 3.89. The van der Waals surface area contributed by atoms with Crippen LogP contribution < -0.4 is 5.32 Å². The zero-order valence-electron chi connectivity index (χ0n) is 12.5. The molecule has 0 bridgehead atoms. The van der Waals surface area contributed by atoms with Crippen LogP contribution in [0.5, 0.6) is 0 Å². The molecule has 0 aromatic heterocycles. The van der Waals surface area contributed by atoms with Gasteiger partial charge >= 0.3 is 0 Å². The lowest BCUT2D eigenvalue weighted by Crippen LogP contribution is -2.45. The third-order valence-electron chi connectivity index (χ3n) is 3.75. The summed E-state index contributed by atoms with van der Waals surface area (Å²) in [6.45, 7) is 9.64. The summed E-state index contributed by atoms with van der Waals surface area (Å²) in [4.78, 5) is 2.38. The van der Waals surface area contributed by atoms with Gasteiger partial charge in [-0.25, -0.2) is 4.39 Å². The molecule has 0 saturated carbocycles. The lowest BCUT2D eigenvalue weighted by Gasteiger charge is -2.35. The number of allylic oxidation sites excluding steroid dienone is 1. The molecule has 1 atom stereocenters. The van der Waals surface area contributed by atoms with Crippen LogP contribution in [0.15, 0.2) is 30.9 Å². The molecule has 0 aliphatic carbocycles. The van der Waals surface area contributed by atoms with Gasteiger partial charge in [0.15, 0.2) is 0 Å². The molecular formula is C16H25Cl2FN2. The van der Waals surface area contributed by atoms with E-state index in [1.165, 1.54) is 0 Å². The van der Waals surface area contributed by atoms with Crippen molar-refractivity contribution in [2.24, 2.45) is 0 Å². The number of hydrogen-bond donors (Lipinski definition) is 1. The van der Waals surface area contributed by atoms with Gasteiger partial charge in [0.25, 0.3) is 0 Å². The number of aryl methyl sites for hydroxylation is 1. The molecule has 1 fully saturated rings. The Labute approximate surface area is 139 Å². The van der Waals surface area contributed by atoms with Gasteiger partial charge in [0, 0.05) is 37.8 Å². The highest BCUT2D eigenvalue weighted by atomic mass is 35.5. The molecule has 0 unspecified atom stereocenters. The second-order valence-corrected chi connectivity index (χ2v) is 5.19. The van der Waals surface area contributed by atoms with Crippen molar-refractivity contribution in [2.45, 2.75) is 25.8 Å². The fraction of sp³-hybridized carbons (Fsp3) is 0.500. The van der Waals surface area contributed by atoms with Gasteiger partial charge < -0.3 is 5.32 Å². The van der Waals surface area contributed by atoms with Crippen molar-refractivity contribution in [3.05, 3.63) is 47.8 Å². The minimum atomic E-state index is -0.0763. The van der Waals surface area contributed by atoms with Crippen LogP contribution in [-0.2, 0) is 0 Å². The second kappa shape index (κ2) is 10.2. The van der Waals surface area contributed by atoms with Crippen molar-refractivity contribution >= 4 is 24.8 Å². The first-order valence-corrected chi connectivity index (χ1v) is 7.04. The van der Waals surface area contributed by atoms with E-state index in [4.69, 9.17) is 0 Å². The Morgan fingerprint density at radius 1 is 1.33 bits per heavy atom. The Kier molecular flexibility index (Phi) is 9.88. The maximum Gasteiger partial charge on any atom is 0.128 e. The van der Waals surface area contributed by atoms with Gasteiger partial charge in [-0.3, -0.25) is 4.90 Å². The van der Waals surface area contributed by atoms with Crippen LogP contribution >= 0.6 is 24.8 Å². The SMILES string of the molecule is C=CCC[C@H](c1ccc(C)cc1F)N1CCNCC1.Cl.Cl. The van der Waals surface area contributed by atoms with Crippen LogP contribution in [0.3, 0.4) is 0 Å². The smallest absolute Gasteiger partial charge is 0.128 e. The van der Waals surface area contributed by atoms with Crippen molar-refractivity contribution in [1.82, 2.24) is 10.2 Å². The molecule has 5 heteroatoms. The number of halogens is 3. The minimum Gasteiger partial charge on any atom is -0.314 e. The van der Waals surface area contributed by atoms with Crippen molar-refractivity contribution in [2.75, 3.05) is 26.2 Å². The van der Waals surface area contributed by atoms with E-state index >= 15 is 0 Å². The zero-order chi connectivity index (χ0) is 13.7. The third kappa shape index (κ3) is 5.59. The molecule has 1 aliphatic rings. The highest BCUT2D eigenvalue weighted by Gasteiger charge is 2.23. The molecule has 0 amide bonds. The maximum atomic E-state index is 14.2. The highest BCUT2D eigenvalue weighted by molar-refractivity contribution is 5.85. The standard InChI is InChI=1S/C16H23FN2.2ClH/c1-3-4-5-16(19-10-8-18-9-11-19)14-7-6-13(2)12-15(14)17;;/h3,6-7,12,16,18H,1,4-5,8-11H2,2H3;2*1H/t16-;;/m1../s1. The molecule has 1 saturated heterocycles. The van der Waals surface area contributed by atoms with Crippen LogP contribution in [0.4, 0.5) is 4.39 Å². The van der Waals surface area contributed by atoms with E-state index in [1.54, 1.807) is 6.07 Å². The van der Waals surface area contributed by atoms with Gasteiger partial charge in [-0.2, -0.15) is 0 Å². The Hall–Kier alpha value is -0.610. The summed E-state index contributed by atoms with van der Waals surface area (Å²) in [7, 11) is 0. The number of benzene rings is 1. The molecule has 1 aromatic rings. The highest BCUT2D eigenvalue weighted by Crippen LogP contribution is 2.28. The number of nitrogens with one attached hydrogen (secondary N) is 1. The molecule has 0 spiro atoms. The summed E-state index contributed by atoms with van der Waals surface area (Å²) in [6.07, 6.45) is 3.77. The Bertz CT molecular complexity index is 434. The minimum absolute atomic E-state index is 0. The topological polar surface area (TPSA) is 15.3 Å². The van der Waals surface area contributed by atoms with E-state index in [0.717, 1.165) is 50.1 Å². The van der Waals surface area contributed by atoms with Crippen molar-refractivity contribution in [1.29, 1.82) is 0 Å². The maximum absolute atomic E-state index is 14.2. The fourth-order valence-electron chi connectivity index (χ4n) is 2.71. The fourth-order valence-corrected chi connectivity index (χ4v) is 2.71. The van der Waals surface area contributed by atoms with Crippen molar-refractivity contribution in [3.8, 4) is 0 Å². The first-order valence-electron chi connectivity index (χ1n) is 7.04. The van der Waals surface area contributed by atoms with E-state index in [1.807, 2.05) is 25.1 Å². The van der Waals surface area contributed by atoms with Crippen LogP contribution in [0.2, 0.25) is 0 Å². The summed E-state index contributed by atoms with van der Waals surface area (Å²) in [5.74, 6) is -0.0763. The number of hydrogen-bond acceptors (Lipinski definition) is 2. The molecule has 1 aliphatic heterocycles. The predicted molar refractivity (Wildman–Crippen MR) is 92.2 cm³/mol. The molecule has 1 aromatic carbocycles. The summed E-state index contributed by atoms with van der Waals surface area (Å²) in [5, 5.41) is 3.35. The molecule has 1 heterocycles. The third-order valence-corrected chi connectivity index (χ3v) is 3.75. The average molecular weight is 335 g/mol. The van der Waals surface area contributed by atoms with Crippen molar-refractivity contribution in [3.63, 3.8) is 0 Å². The van der Waals surface area contributed by atoms with E-state index in [0.29, 0.717) is 0 Å². The van der Waals surface area contributed by atoms with Gasteiger partial charge in [-0.15, -0.1) is 31.4 Å². The zero-order valence-corrected chi connectivity index (χ0v) is 14.1. The Morgan fingerprint density at radius 2 is 2.00 bits per heavy atom. The molecule has 2 nitrogen and oxygen atoms in total. The summed E-state index contributed by atoms with van der Waals surface area (Å²) in [6, 6.07) is 5.75. The largest absolute Gasteiger partial charge is 0.314 e.